The van der Waals surface area contributed by atoms with Crippen LogP contribution in [0.1, 0.15) is 0 Å². The summed E-state index contributed by atoms with van der Waals surface area (Å²) in [6.45, 7) is 4.72. The first-order valence-electron chi connectivity index (χ1n) is 9.61. The minimum absolute atomic E-state index is 0.346. The summed E-state index contributed by atoms with van der Waals surface area (Å²) < 4.78 is 0. The molecule has 0 amide bonds. The summed E-state index contributed by atoms with van der Waals surface area (Å²) in [5.74, 6) is 0. The van der Waals surface area contributed by atoms with Crippen LogP contribution in [0.2, 0.25) is 0 Å². The standard InChI is InChI=1S/C26H22P2.2ClH.Ru/c1-22(27(23-14-6-2-7-15-23)24-16-8-3-9-17-24)28(25-18-10-4-11-19-25)26-20-12-5-13-21-26;;;/h2-21H,1H2;2*1H;/q;;;+2/p-2. The first-order chi connectivity index (χ1) is 15.3. The van der Waals surface area contributed by atoms with E-state index in [9.17, 15) is 0 Å². The fraction of sp³-hybridized carbons (Fsp3) is 0. The van der Waals surface area contributed by atoms with Crippen LogP contribution in [0.25, 0.3) is 0 Å². The van der Waals surface area contributed by atoms with E-state index in [2.05, 4.69) is 121 Å². The van der Waals surface area contributed by atoms with E-state index >= 15 is 0 Å². The van der Waals surface area contributed by atoms with Crippen molar-refractivity contribution in [2.45, 2.75) is 0 Å². The van der Waals surface area contributed by atoms with Gasteiger partial charge >= 0.3 is 34.5 Å². The average Bonchev–Trinajstić information content (AvgIpc) is 2.83. The zero-order valence-electron chi connectivity index (χ0n) is 16.8. The van der Waals surface area contributed by atoms with Crippen LogP contribution in [-0.2, 0) is 15.1 Å². The van der Waals surface area contributed by atoms with Crippen molar-refractivity contribution in [3.05, 3.63) is 133 Å². The summed E-state index contributed by atoms with van der Waals surface area (Å²) in [4.78, 5) is 0. The number of hydrogen-bond donors (Lipinski definition) is 0. The van der Waals surface area contributed by atoms with Gasteiger partial charge in [0.15, 0.2) is 0 Å². The minimum atomic E-state index is -0.664. The molecule has 31 heavy (non-hydrogen) atoms. The molecule has 0 aliphatic carbocycles. The topological polar surface area (TPSA) is 0 Å². The first kappa shape index (κ1) is 24.3. The van der Waals surface area contributed by atoms with Crippen LogP contribution >= 0.6 is 35.2 Å². The predicted octanol–water partition coefficient (Wildman–Crippen LogP) is 7.10. The van der Waals surface area contributed by atoms with Gasteiger partial charge in [-0.1, -0.05) is 128 Å². The third kappa shape index (κ3) is 6.83. The fourth-order valence-electron chi connectivity index (χ4n) is 3.30. The zero-order chi connectivity index (χ0) is 21.9. The quantitative estimate of drug-likeness (QED) is 0.172. The molecule has 4 aromatic rings. The molecule has 0 aliphatic heterocycles. The Bertz CT molecular complexity index is 882. The Kier molecular flexibility index (Phi) is 10.4. The van der Waals surface area contributed by atoms with Gasteiger partial charge < -0.3 is 0 Å². The molecule has 158 valence electrons. The van der Waals surface area contributed by atoms with Gasteiger partial charge in [-0.15, -0.1) is 0 Å². The molecule has 0 aromatic heterocycles. The van der Waals surface area contributed by atoms with Crippen LogP contribution < -0.4 is 21.2 Å². The van der Waals surface area contributed by atoms with E-state index in [1.54, 1.807) is 0 Å². The van der Waals surface area contributed by atoms with Gasteiger partial charge in [0.25, 0.3) is 0 Å². The van der Waals surface area contributed by atoms with Crippen molar-refractivity contribution in [1.29, 1.82) is 0 Å². The van der Waals surface area contributed by atoms with Crippen molar-refractivity contribution in [3.8, 4) is 0 Å². The monoisotopic (exact) mass is 568 g/mol. The summed E-state index contributed by atoms with van der Waals surface area (Å²) in [5.41, 5.74) is 0. The molecule has 5 heteroatoms. The van der Waals surface area contributed by atoms with Crippen molar-refractivity contribution in [2.24, 2.45) is 0 Å². The van der Waals surface area contributed by atoms with Gasteiger partial charge in [0.1, 0.15) is 0 Å². The van der Waals surface area contributed by atoms with Crippen LogP contribution in [0.4, 0.5) is 0 Å². The third-order valence-electron chi connectivity index (χ3n) is 4.57. The van der Waals surface area contributed by atoms with E-state index in [1.807, 2.05) is 0 Å². The maximum absolute atomic E-state index is 4.85. The van der Waals surface area contributed by atoms with Gasteiger partial charge in [0, 0.05) is 0 Å². The van der Waals surface area contributed by atoms with E-state index in [-0.39, 0.29) is 15.1 Å². The van der Waals surface area contributed by atoms with Gasteiger partial charge in [0.05, 0.1) is 0 Å². The number of halogens is 2. The summed E-state index contributed by atoms with van der Waals surface area (Å²) in [6.07, 6.45) is 0. The normalized spacial score (nSPS) is 10.6. The summed E-state index contributed by atoms with van der Waals surface area (Å²) >= 11 is -0.346. The van der Waals surface area contributed by atoms with Crippen LogP contribution in [-0.4, -0.2) is 0 Å². The van der Waals surface area contributed by atoms with Crippen molar-refractivity contribution in [3.63, 3.8) is 0 Å². The molecule has 0 radical (unpaired) electrons. The molecule has 0 heterocycles. The summed E-state index contributed by atoms with van der Waals surface area (Å²) in [6, 6.07) is 43.4. The van der Waals surface area contributed by atoms with Gasteiger partial charge in [0.2, 0.25) is 0 Å². The Labute approximate surface area is 203 Å². The molecular weight excluding hydrogens is 546 g/mol. The number of hydrogen-bond acceptors (Lipinski definition) is 0. The fourth-order valence-corrected chi connectivity index (χ4v) is 9.16. The predicted molar refractivity (Wildman–Crippen MR) is 139 cm³/mol. The Morgan fingerprint density at radius 2 is 0.677 bits per heavy atom. The van der Waals surface area contributed by atoms with Gasteiger partial charge in [-0.3, -0.25) is 0 Å². The molecule has 0 fully saturated rings. The molecule has 0 saturated carbocycles. The van der Waals surface area contributed by atoms with Gasteiger partial charge in [-0.05, 0) is 42.1 Å². The van der Waals surface area contributed by atoms with Gasteiger partial charge in [-0.2, -0.15) is 0 Å². The maximum atomic E-state index is 4.85. The SMILES string of the molecule is C=C(P(c1ccccc1)c1ccccc1)P(c1ccccc1)c1ccccc1.[Cl][Ru][Cl]. The van der Waals surface area contributed by atoms with Gasteiger partial charge in [-0.25, -0.2) is 0 Å². The van der Waals surface area contributed by atoms with Crippen LogP contribution in [0, 0.1) is 0 Å². The van der Waals surface area contributed by atoms with Crippen molar-refractivity contribution < 1.29 is 15.1 Å². The van der Waals surface area contributed by atoms with Crippen molar-refractivity contribution in [2.75, 3.05) is 0 Å². The van der Waals surface area contributed by atoms with E-state index < -0.39 is 15.8 Å². The molecule has 4 rings (SSSR count). The van der Waals surface area contributed by atoms with E-state index in [1.165, 1.54) is 26.3 Å². The van der Waals surface area contributed by atoms with Crippen molar-refractivity contribution >= 4 is 56.4 Å². The second kappa shape index (κ2) is 13.3. The molecule has 4 aromatic carbocycles. The number of rotatable bonds is 6. The third-order valence-corrected chi connectivity index (χ3v) is 10.1. The van der Waals surface area contributed by atoms with Crippen LogP contribution in [0.3, 0.4) is 0 Å². The molecule has 0 spiro atoms. The molecule has 0 unspecified atom stereocenters. The second-order valence-electron chi connectivity index (χ2n) is 6.48. The Balaban J connectivity index is 0.000000858. The molecule has 0 bridgehead atoms. The average molecular weight is 568 g/mol. The van der Waals surface area contributed by atoms with E-state index in [4.69, 9.17) is 26.0 Å². The first-order valence-corrected chi connectivity index (χ1v) is 16.8. The molecule has 0 aliphatic rings. The van der Waals surface area contributed by atoms with E-state index in [0.29, 0.717) is 0 Å². The summed E-state index contributed by atoms with van der Waals surface area (Å²) in [7, 11) is 8.38. The van der Waals surface area contributed by atoms with Crippen LogP contribution in [0.15, 0.2) is 133 Å². The molecule has 0 nitrogen and oxygen atoms in total. The van der Waals surface area contributed by atoms with Crippen LogP contribution in [0.5, 0.6) is 0 Å². The molecule has 0 saturated heterocycles. The molecular formula is C26H22Cl2P2Ru. The Morgan fingerprint density at radius 1 is 0.484 bits per heavy atom. The Morgan fingerprint density at radius 3 is 0.871 bits per heavy atom. The molecule has 0 atom stereocenters. The van der Waals surface area contributed by atoms with E-state index in [0.717, 1.165) is 0 Å². The van der Waals surface area contributed by atoms with Crippen molar-refractivity contribution in [1.82, 2.24) is 0 Å². The Hall–Kier alpha value is -1.32. The summed E-state index contributed by atoms with van der Waals surface area (Å²) in [5, 5.41) is 6.74. The molecule has 0 N–H and O–H groups in total. The number of benzene rings is 4. The second-order valence-corrected chi connectivity index (χ2v) is 14.0. The zero-order valence-corrected chi connectivity index (χ0v) is 21.8.